The molecule has 108 valence electrons. The van der Waals surface area contributed by atoms with E-state index in [9.17, 15) is 4.79 Å². The van der Waals surface area contributed by atoms with Crippen LogP contribution in [0, 0.1) is 11.8 Å². The lowest BCUT2D eigenvalue weighted by atomic mass is 10.1. The van der Waals surface area contributed by atoms with Gasteiger partial charge in [-0.05, 0) is 24.7 Å². The van der Waals surface area contributed by atoms with E-state index in [0.717, 1.165) is 37.8 Å². The van der Waals surface area contributed by atoms with Crippen LogP contribution in [-0.2, 0) is 0 Å². The van der Waals surface area contributed by atoms with Gasteiger partial charge in [-0.3, -0.25) is 4.79 Å². The Hall–Kier alpha value is -0.180. The fourth-order valence-corrected chi connectivity index (χ4v) is 2.21. The predicted molar refractivity (Wildman–Crippen MR) is 83.3 cm³/mol. The molecule has 0 spiro atoms. The first kappa shape index (κ1) is 17.8. The van der Waals surface area contributed by atoms with Crippen molar-refractivity contribution >= 4 is 17.9 Å². The first-order chi connectivity index (χ1) is 8.43. The molecule has 0 bridgehead atoms. The first-order valence-electron chi connectivity index (χ1n) is 7.41. The van der Waals surface area contributed by atoms with E-state index < -0.39 is 0 Å². The summed E-state index contributed by atoms with van der Waals surface area (Å²) in [5, 5.41) is -0.0657. The summed E-state index contributed by atoms with van der Waals surface area (Å²) in [4.78, 5) is 13.3. The molecular formula is C15H31NOS. The quantitative estimate of drug-likeness (QED) is 0.439. The highest BCUT2D eigenvalue weighted by Crippen LogP contribution is 2.11. The SMILES string of the molecule is CC(C)CCCCN(CCCCC(C)C)C(=O)S. The standard InChI is InChI=1S/C15H31NOS/c1-13(2)9-5-7-11-16(15(17)18)12-8-6-10-14(3)4/h13-14H,5-12H2,1-4H3,(H,17,18). The summed E-state index contributed by atoms with van der Waals surface area (Å²) in [5.41, 5.74) is 0. The number of unbranched alkanes of at least 4 members (excludes halogenated alkanes) is 2. The Morgan fingerprint density at radius 2 is 1.28 bits per heavy atom. The molecule has 1 amide bonds. The molecular weight excluding hydrogens is 242 g/mol. The van der Waals surface area contributed by atoms with Crippen LogP contribution in [-0.4, -0.2) is 23.2 Å². The lowest BCUT2D eigenvalue weighted by molar-refractivity contribution is 0.220. The van der Waals surface area contributed by atoms with Crippen molar-refractivity contribution in [2.24, 2.45) is 11.8 Å². The highest BCUT2D eigenvalue weighted by atomic mass is 32.1. The number of hydrogen-bond acceptors (Lipinski definition) is 1. The number of carbonyl (C=O) groups is 1. The minimum Gasteiger partial charge on any atom is -0.334 e. The highest BCUT2D eigenvalue weighted by molar-refractivity contribution is 7.96. The third-order valence-corrected chi connectivity index (χ3v) is 3.47. The van der Waals surface area contributed by atoms with Crippen LogP contribution in [0.1, 0.15) is 66.2 Å². The van der Waals surface area contributed by atoms with Gasteiger partial charge in [-0.1, -0.05) is 66.0 Å². The molecule has 0 saturated carbocycles. The molecule has 0 aromatic carbocycles. The van der Waals surface area contributed by atoms with Gasteiger partial charge in [0.2, 0.25) is 0 Å². The Morgan fingerprint density at radius 3 is 1.56 bits per heavy atom. The summed E-state index contributed by atoms with van der Waals surface area (Å²) in [7, 11) is 0. The van der Waals surface area contributed by atoms with Crippen LogP contribution in [0.2, 0.25) is 0 Å². The molecule has 0 unspecified atom stereocenters. The van der Waals surface area contributed by atoms with E-state index in [4.69, 9.17) is 0 Å². The minimum atomic E-state index is -0.0657. The van der Waals surface area contributed by atoms with Crippen LogP contribution in [0.4, 0.5) is 4.79 Å². The summed E-state index contributed by atoms with van der Waals surface area (Å²) in [6, 6.07) is 0. The molecule has 0 heterocycles. The third-order valence-electron chi connectivity index (χ3n) is 3.19. The van der Waals surface area contributed by atoms with Gasteiger partial charge in [0.25, 0.3) is 5.24 Å². The Morgan fingerprint density at radius 1 is 0.889 bits per heavy atom. The molecule has 18 heavy (non-hydrogen) atoms. The summed E-state index contributed by atoms with van der Waals surface area (Å²) in [5.74, 6) is 1.52. The molecule has 0 N–H and O–H groups in total. The van der Waals surface area contributed by atoms with E-state index in [2.05, 4.69) is 40.3 Å². The van der Waals surface area contributed by atoms with Crippen LogP contribution in [0.25, 0.3) is 0 Å². The maximum atomic E-state index is 11.4. The average molecular weight is 273 g/mol. The lowest BCUT2D eigenvalue weighted by Gasteiger charge is -2.20. The van der Waals surface area contributed by atoms with Crippen molar-refractivity contribution in [2.75, 3.05) is 13.1 Å². The van der Waals surface area contributed by atoms with Crippen molar-refractivity contribution in [3.05, 3.63) is 0 Å². The first-order valence-corrected chi connectivity index (χ1v) is 7.86. The number of nitrogens with zero attached hydrogens (tertiary/aromatic N) is 1. The van der Waals surface area contributed by atoms with Gasteiger partial charge in [0, 0.05) is 13.1 Å². The topological polar surface area (TPSA) is 20.3 Å². The second kappa shape index (κ2) is 10.7. The number of rotatable bonds is 10. The van der Waals surface area contributed by atoms with Crippen molar-refractivity contribution in [2.45, 2.75) is 66.2 Å². The van der Waals surface area contributed by atoms with Crippen molar-refractivity contribution in [1.29, 1.82) is 0 Å². The average Bonchev–Trinajstić information content (AvgIpc) is 2.25. The van der Waals surface area contributed by atoms with Gasteiger partial charge < -0.3 is 4.90 Å². The maximum Gasteiger partial charge on any atom is 0.278 e. The van der Waals surface area contributed by atoms with E-state index in [1.807, 2.05) is 4.90 Å². The Kier molecular flexibility index (Phi) is 10.6. The Labute approximate surface area is 119 Å². The summed E-state index contributed by atoms with van der Waals surface area (Å²) >= 11 is 3.97. The Bertz CT molecular complexity index is 201. The monoisotopic (exact) mass is 273 g/mol. The van der Waals surface area contributed by atoms with Gasteiger partial charge in [-0.25, -0.2) is 0 Å². The molecule has 0 aromatic heterocycles. The predicted octanol–water partition coefficient (Wildman–Crippen LogP) is 4.99. The molecule has 0 aromatic rings. The van der Waals surface area contributed by atoms with Crippen molar-refractivity contribution in [1.82, 2.24) is 4.90 Å². The van der Waals surface area contributed by atoms with Gasteiger partial charge >= 0.3 is 0 Å². The van der Waals surface area contributed by atoms with E-state index in [-0.39, 0.29) is 5.24 Å². The minimum absolute atomic E-state index is 0.0657. The maximum absolute atomic E-state index is 11.4. The van der Waals surface area contributed by atoms with Crippen LogP contribution < -0.4 is 0 Å². The van der Waals surface area contributed by atoms with Gasteiger partial charge in [0.05, 0.1) is 0 Å². The smallest absolute Gasteiger partial charge is 0.278 e. The second-order valence-corrected chi connectivity index (χ2v) is 6.43. The molecule has 0 aliphatic heterocycles. The molecule has 0 radical (unpaired) electrons. The number of amides is 1. The van der Waals surface area contributed by atoms with Crippen LogP contribution in [0.3, 0.4) is 0 Å². The summed E-state index contributed by atoms with van der Waals surface area (Å²) in [6.45, 7) is 10.7. The zero-order valence-electron chi connectivity index (χ0n) is 12.6. The molecule has 0 rings (SSSR count). The second-order valence-electron chi connectivity index (χ2n) is 6.05. The molecule has 0 fully saturated rings. The van der Waals surface area contributed by atoms with Crippen molar-refractivity contribution in [3.8, 4) is 0 Å². The molecule has 0 atom stereocenters. The highest BCUT2D eigenvalue weighted by Gasteiger charge is 2.08. The fraction of sp³-hybridized carbons (Fsp3) is 0.933. The number of thiol groups is 1. The van der Waals surface area contributed by atoms with E-state index >= 15 is 0 Å². The molecule has 0 saturated heterocycles. The van der Waals surface area contributed by atoms with Crippen molar-refractivity contribution < 1.29 is 4.79 Å². The van der Waals surface area contributed by atoms with Gasteiger partial charge in [-0.2, -0.15) is 0 Å². The third kappa shape index (κ3) is 10.9. The molecule has 3 heteroatoms. The molecule has 0 aliphatic carbocycles. The van der Waals surface area contributed by atoms with Gasteiger partial charge in [0.15, 0.2) is 0 Å². The number of hydrogen-bond donors (Lipinski definition) is 1. The van der Waals surface area contributed by atoms with Crippen LogP contribution in [0.5, 0.6) is 0 Å². The fourth-order valence-electron chi connectivity index (χ4n) is 2.01. The normalized spacial score (nSPS) is 11.3. The zero-order valence-corrected chi connectivity index (χ0v) is 13.5. The Balaban J connectivity index is 3.69. The number of carbonyl (C=O) groups excluding carboxylic acids is 1. The zero-order chi connectivity index (χ0) is 14.0. The van der Waals surface area contributed by atoms with Crippen LogP contribution in [0.15, 0.2) is 0 Å². The van der Waals surface area contributed by atoms with Gasteiger partial charge in [-0.15, -0.1) is 0 Å². The van der Waals surface area contributed by atoms with E-state index in [1.54, 1.807) is 0 Å². The van der Waals surface area contributed by atoms with E-state index in [0.29, 0.717) is 0 Å². The summed E-state index contributed by atoms with van der Waals surface area (Å²) < 4.78 is 0. The van der Waals surface area contributed by atoms with Crippen LogP contribution >= 0.6 is 12.6 Å². The van der Waals surface area contributed by atoms with Crippen molar-refractivity contribution in [3.63, 3.8) is 0 Å². The largest absolute Gasteiger partial charge is 0.334 e. The summed E-state index contributed by atoms with van der Waals surface area (Å²) in [6.07, 6.45) is 7.13. The molecule has 0 aliphatic rings. The van der Waals surface area contributed by atoms with Gasteiger partial charge in [0.1, 0.15) is 0 Å². The lowest BCUT2D eigenvalue weighted by Crippen LogP contribution is -2.28. The van der Waals surface area contributed by atoms with E-state index in [1.165, 1.54) is 25.7 Å². The molecule has 2 nitrogen and oxygen atoms in total.